The molecule has 1 aromatic rings. The van der Waals surface area contributed by atoms with Gasteiger partial charge in [-0.05, 0) is 62.3 Å². The smallest absolute Gasteiger partial charge is 0.0873 e. The lowest BCUT2D eigenvalue weighted by molar-refractivity contribution is -0.0759. The molecule has 1 N–H and O–H groups in total. The number of aryl methyl sites for hydroxylation is 1. The normalized spacial score (nSPS) is 28.3. The zero-order chi connectivity index (χ0) is 14.6. The highest BCUT2D eigenvalue weighted by Gasteiger charge is 2.42. The molecule has 1 aliphatic rings. The minimum Gasteiger partial charge on any atom is -0.376 e. The van der Waals surface area contributed by atoms with Gasteiger partial charge in [-0.3, -0.25) is 4.98 Å². The topological polar surface area (TPSA) is 34.2 Å². The Morgan fingerprint density at radius 1 is 1.45 bits per heavy atom. The van der Waals surface area contributed by atoms with Crippen LogP contribution in [0.25, 0.3) is 0 Å². The van der Waals surface area contributed by atoms with E-state index in [9.17, 15) is 0 Å². The van der Waals surface area contributed by atoms with E-state index in [1.807, 2.05) is 19.5 Å². The van der Waals surface area contributed by atoms with Gasteiger partial charge in [0, 0.05) is 19.5 Å². The van der Waals surface area contributed by atoms with Crippen LogP contribution in [0.15, 0.2) is 18.5 Å². The lowest BCUT2D eigenvalue weighted by Gasteiger charge is -2.44. The fraction of sp³-hybridized carbons (Fsp3) is 0.706. The molecule has 1 atom stereocenters. The number of likely N-dealkylation sites (N-methyl/N-ethyl adjacent to an activating group) is 1. The molecule has 3 heteroatoms. The van der Waals surface area contributed by atoms with Gasteiger partial charge in [0.15, 0.2) is 0 Å². The lowest BCUT2D eigenvalue weighted by atomic mass is 9.73. The molecule has 0 aromatic carbocycles. The molecule has 1 fully saturated rings. The Morgan fingerprint density at radius 3 is 2.70 bits per heavy atom. The summed E-state index contributed by atoms with van der Waals surface area (Å²) in [5.74, 6) is 0.815. The van der Waals surface area contributed by atoms with Crippen molar-refractivity contribution in [1.82, 2.24) is 10.3 Å². The maximum absolute atomic E-state index is 6.06. The number of ether oxygens (including phenoxy) is 1. The number of hydrogen-bond acceptors (Lipinski definition) is 3. The van der Waals surface area contributed by atoms with Crippen LogP contribution in [0, 0.1) is 12.8 Å². The molecule has 1 heterocycles. The van der Waals surface area contributed by atoms with Gasteiger partial charge in [0.1, 0.15) is 0 Å². The first kappa shape index (κ1) is 15.5. The van der Waals surface area contributed by atoms with E-state index in [4.69, 9.17) is 4.74 Å². The molecule has 1 aliphatic carbocycles. The molecule has 1 unspecified atom stereocenters. The second-order valence-corrected chi connectivity index (χ2v) is 6.17. The number of nitrogens with one attached hydrogen (secondary N) is 1. The van der Waals surface area contributed by atoms with E-state index in [2.05, 4.69) is 37.1 Å². The Morgan fingerprint density at radius 2 is 2.15 bits per heavy atom. The third-order valence-electron chi connectivity index (χ3n) is 4.85. The van der Waals surface area contributed by atoms with Crippen molar-refractivity contribution in [1.29, 1.82) is 0 Å². The number of nitrogens with zero attached hydrogens (tertiary/aromatic N) is 1. The van der Waals surface area contributed by atoms with E-state index in [1.54, 1.807) is 0 Å². The van der Waals surface area contributed by atoms with E-state index in [0.29, 0.717) is 0 Å². The molecule has 0 spiro atoms. The summed E-state index contributed by atoms with van der Waals surface area (Å²) in [5.41, 5.74) is 2.49. The summed E-state index contributed by atoms with van der Waals surface area (Å²) < 4.78 is 6.06. The van der Waals surface area contributed by atoms with Crippen LogP contribution in [0.3, 0.4) is 0 Å². The fourth-order valence-electron chi connectivity index (χ4n) is 3.42. The van der Waals surface area contributed by atoms with Crippen LogP contribution in [-0.4, -0.2) is 24.2 Å². The van der Waals surface area contributed by atoms with Gasteiger partial charge < -0.3 is 10.1 Å². The predicted octanol–water partition coefficient (Wildman–Crippen LogP) is 3.64. The monoisotopic (exact) mass is 276 g/mol. The number of pyridine rings is 1. The van der Waals surface area contributed by atoms with E-state index in [1.165, 1.54) is 24.0 Å². The largest absolute Gasteiger partial charge is 0.376 e. The molecule has 1 saturated carbocycles. The van der Waals surface area contributed by atoms with Crippen molar-refractivity contribution in [3.8, 4) is 0 Å². The third kappa shape index (κ3) is 3.04. The first-order chi connectivity index (χ1) is 9.63. The number of aromatic nitrogens is 1. The van der Waals surface area contributed by atoms with Crippen molar-refractivity contribution in [2.24, 2.45) is 5.92 Å². The van der Waals surface area contributed by atoms with Gasteiger partial charge in [0.05, 0.1) is 11.6 Å². The van der Waals surface area contributed by atoms with Gasteiger partial charge in [-0.2, -0.15) is 0 Å². The Kier molecular flexibility index (Phi) is 5.17. The van der Waals surface area contributed by atoms with Crippen molar-refractivity contribution in [3.63, 3.8) is 0 Å². The van der Waals surface area contributed by atoms with Crippen molar-refractivity contribution in [2.45, 2.75) is 58.1 Å². The standard InChI is InChI=1S/C17H28N2O/c1-5-19-16(15-12-18-11-8-14(15)3)17(20-4)9-6-13(2)7-10-17/h8,11-13,16,19H,5-7,9-10H2,1-4H3. The summed E-state index contributed by atoms with van der Waals surface area (Å²) in [6, 6.07) is 2.33. The van der Waals surface area contributed by atoms with Crippen LogP contribution in [0.2, 0.25) is 0 Å². The average Bonchev–Trinajstić information content (AvgIpc) is 2.47. The molecular formula is C17H28N2O. The number of hydrogen-bond donors (Lipinski definition) is 1. The van der Waals surface area contributed by atoms with Gasteiger partial charge in [-0.25, -0.2) is 0 Å². The molecular weight excluding hydrogens is 248 g/mol. The van der Waals surface area contributed by atoms with Gasteiger partial charge in [-0.1, -0.05) is 13.8 Å². The third-order valence-corrected chi connectivity index (χ3v) is 4.85. The minimum absolute atomic E-state index is 0.0870. The SMILES string of the molecule is CCNC(c1cnccc1C)C1(OC)CCC(C)CC1. The Labute approximate surface area is 123 Å². The Balaban J connectivity index is 2.33. The maximum atomic E-state index is 6.06. The van der Waals surface area contributed by atoms with E-state index in [0.717, 1.165) is 25.3 Å². The second kappa shape index (κ2) is 6.68. The first-order valence-corrected chi connectivity index (χ1v) is 7.82. The van der Waals surface area contributed by atoms with E-state index >= 15 is 0 Å². The van der Waals surface area contributed by atoms with Crippen LogP contribution < -0.4 is 5.32 Å². The van der Waals surface area contributed by atoms with Crippen LogP contribution in [-0.2, 0) is 4.74 Å². The molecule has 3 nitrogen and oxygen atoms in total. The molecule has 112 valence electrons. The molecule has 0 saturated heterocycles. The summed E-state index contributed by atoms with van der Waals surface area (Å²) in [7, 11) is 1.87. The number of rotatable bonds is 5. The fourth-order valence-corrected chi connectivity index (χ4v) is 3.42. The van der Waals surface area contributed by atoms with Crippen LogP contribution >= 0.6 is 0 Å². The molecule has 0 radical (unpaired) electrons. The highest BCUT2D eigenvalue weighted by atomic mass is 16.5. The average molecular weight is 276 g/mol. The highest BCUT2D eigenvalue weighted by molar-refractivity contribution is 5.28. The van der Waals surface area contributed by atoms with Crippen LogP contribution in [0.4, 0.5) is 0 Å². The zero-order valence-corrected chi connectivity index (χ0v) is 13.3. The van der Waals surface area contributed by atoms with Crippen LogP contribution in [0.1, 0.15) is 56.7 Å². The molecule has 1 aromatic heterocycles. The summed E-state index contributed by atoms with van der Waals surface area (Å²) in [5, 5.41) is 3.65. The quantitative estimate of drug-likeness (QED) is 0.891. The first-order valence-electron chi connectivity index (χ1n) is 7.82. The van der Waals surface area contributed by atoms with Crippen molar-refractivity contribution < 1.29 is 4.74 Å². The lowest BCUT2D eigenvalue weighted by Crippen LogP contribution is -2.48. The maximum Gasteiger partial charge on any atom is 0.0873 e. The Bertz CT molecular complexity index is 425. The van der Waals surface area contributed by atoms with Gasteiger partial charge in [0.2, 0.25) is 0 Å². The number of methoxy groups -OCH3 is 1. The predicted molar refractivity (Wildman–Crippen MR) is 82.8 cm³/mol. The summed E-state index contributed by atoms with van der Waals surface area (Å²) in [4.78, 5) is 4.33. The van der Waals surface area contributed by atoms with E-state index < -0.39 is 0 Å². The van der Waals surface area contributed by atoms with Crippen molar-refractivity contribution in [2.75, 3.05) is 13.7 Å². The molecule has 20 heavy (non-hydrogen) atoms. The molecule has 0 aliphatic heterocycles. The molecule has 2 rings (SSSR count). The summed E-state index contributed by atoms with van der Waals surface area (Å²) in [6.07, 6.45) is 8.60. The van der Waals surface area contributed by atoms with Crippen molar-refractivity contribution >= 4 is 0 Å². The zero-order valence-electron chi connectivity index (χ0n) is 13.3. The van der Waals surface area contributed by atoms with Crippen LogP contribution in [0.5, 0.6) is 0 Å². The van der Waals surface area contributed by atoms with Gasteiger partial charge in [0.25, 0.3) is 0 Å². The van der Waals surface area contributed by atoms with E-state index in [-0.39, 0.29) is 11.6 Å². The van der Waals surface area contributed by atoms with Crippen molar-refractivity contribution in [3.05, 3.63) is 29.6 Å². The van der Waals surface area contributed by atoms with Gasteiger partial charge >= 0.3 is 0 Å². The second-order valence-electron chi connectivity index (χ2n) is 6.17. The van der Waals surface area contributed by atoms with Gasteiger partial charge in [-0.15, -0.1) is 0 Å². The summed E-state index contributed by atoms with van der Waals surface area (Å²) >= 11 is 0. The molecule has 0 amide bonds. The molecule has 0 bridgehead atoms. The minimum atomic E-state index is -0.0870. The Hall–Kier alpha value is -0.930. The highest BCUT2D eigenvalue weighted by Crippen LogP contribution is 2.43. The summed E-state index contributed by atoms with van der Waals surface area (Å²) in [6.45, 7) is 7.61.